The van der Waals surface area contributed by atoms with Crippen LogP contribution < -0.4 is 4.74 Å². The number of carboxylic acid groups (broad SMARTS) is 1. The van der Waals surface area contributed by atoms with Gasteiger partial charge in [0.1, 0.15) is 11.9 Å². The molecule has 1 atom stereocenters. The number of nitrogens with zero attached hydrogens (tertiary/aromatic N) is 1. The second-order valence-electron chi connectivity index (χ2n) is 5.71. The molecule has 0 fully saturated rings. The molecule has 0 spiro atoms. The Balaban J connectivity index is 1.91. The zero-order chi connectivity index (χ0) is 17.7. The van der Waals surface area contributed by atoms with E-state index < -0.39 is 5.97 Å². The van der Waals surface area contributed by atoms with Crippen molar-refractivity contribution in [3.05, 3.63) is 63.6 Å². The van der Waals surface area contributed by atoms with Gasteiger partial charge < -0.3 is 9.84 Å². The number of benzene rings is 2. The van der Waals surface area contributed by atoms with Gasteiger partial charge in [-0.15, -0.1) is 0 Å². The highest BCUT2D eigenvalue weighted by atomic mass is 35.5. The zero-order valence-electron chi connectivity index (χ0n) is 13.5. The van der Waals surface area contributed by atoms with Crippen LogP contribution in [-0.4, -0.2) is 35.7 Å². The Kier molecular flexibility index (Phi) is 6.49. The Morgan fingerprint density at radius 3 is 2.62 bits per heavy atom. The summed E-state index contributed by atoms with van der Waals surface area (Å²) in [4.78, 5) is 13.1. The van der Waals surface area contributed by atoms with Crippen LogP contribution in [0.1, 0.15) is 22.8 Å². The smallest absolute Gasteiger partial charge is 0.335 e. The van der Waals surface area contributed by atoms with Gasteiger partial charge in [0.25, 0.3) is 0 Å². The largest absolute Gasteiger partial charge is 0.489 e. The Hall–Kier alpha value is -1.75. The highest BCUT2D eigenvalue weighted by Crippen LogP contribution is 2.26. The van der Waals surface area contributed by atoms with Crippen LogP contribution in [0.15, 0.2) is 42.5 Å². The van der Waals surface area contributed by atoms with Crippen LogP contribution in [0.4, 0.5) is 0 Å². The summed E-state index contributed by atoms with van der Waals surface area (Å²) < 4.78 is 5.84. The quantitative estimate of drug-likeness (QED) is 0.777. The van der Waals surface area contributed by atoms with E-state index in [-0.39, 0.29) is 6.10 Å². The highest BCUT2D eigenvalue weighted by molar-refractivity contribution is 6.42. The van der Waals surface area contributed by atoms with Crippen molar-refractivity contribution in [3.63, 3.8) is 0 Å². The third-order valence-electron chi connectivity index (χ3n) is 3.42. The minimum Gasteiger partial charge on any atom is -0.489 e. The standard InChI is InChI=1S/C18H19Cl2NO3/c1-12(24-15-6-7-16(19)17(20)9-15)10-21(2)11-13-4-3-5-14(8-13)18(22)23/h3-9,12H,10-11H2,1-2H3,(H,22,23). The fraction of sp³-hybridized carbons (Fsp3) is 0.278. The monoisotopic (exact) mass is 367 g/mol. The van der Waals surface area contributed by atoms with Gasteiger partial charge in [0.05, 0.1) is 15.6 Å². The molecule has 6 heteroatoms. The van der Waals surface area contributed by atoms with E-state index in [0.29, 0.717) is 34.4 Å². The number of halogens is 2. The van der Waals surface area contributed by atoms with Gasteiger partial charge in [-0.2, -0.15) is 0 Å². The summed E-state index contributed by atoms with van der Waals surface area (Å²) in [5.41, 5.74) is 1.24. The normalized spacial score (nSPS) is 12.2. The molecule has 1 unspecified atom stereocenters. The van der Waals surface area contributed by atoms with Crippen molar-refractivity contribution in [3.8, 4) is 5.75 Å². The Morgan fingerprint density at radius 2 is 1.96 bits per heavy atom. The summed E-state index contributed by atoms with van der Waals surface area (Å²) in [6.07, 6.45) is -0.0603. The Labute approximate surface area is 151 Å². The summed E-state index contributed by atoms with van der Waals surface area (Å²) in [5, 5.41) is 9.99. The molecule has 0 aromatic heterocycles. The molecule has 128 valence electrons. The number of rotatable bonds is 7. The molecule has 0 aliphatic carbocycles. The van der Waals surface area contributed by atoms with E-state index in [2.05, 4.69) is 4.90 Å². The van der Waals surface area contributed by atoms with Gasteiger partial charge >= 0.3 is 5.97 Å². The predicted octanol–water partition coefficient (Wildman–Crippen LogP) is 4.59. The maximum atomic E-state index is 11.0. The average Bonchev–Trinajstić information content (AvgIpc) is 2.51. The zero-order valence-corrected chi connectivity index (χ0v) is 15.0. The van der Waals surface area contributed by atoms with E-state index in [9.17, 15) is 4.79 Å². The van der Waals surface area contributed by atoms with Crippen LogP contribution in [-0.2, 0) is 6.54 Å². The molecular weight excluding hydrogens is 349 g/mol. The van der Waals surface area contributed by atoms with E-state index in [4.69, 9.17) is 33.0 Å². The van der Waals surface area contributed by atoms with Gasteiger partial charge in [0.2, 0.25) is 0 Å². The number of ether oxygens (including phenoxy) is 1. The summed E-state index contributed by atoms with van der Waals surface area (Å²) in [6, 6.07) is 12.1. The number of hydrogen-bond acceptors (Lipinski definition) is 3. The van der Waals surface area contributed by atoms with Crippen molar-refractivity contribution in [1.82, 2.24) is 4.90 Å². The predicted molar refractivity (Wildman–Crippen MR) is 96.3 cm³/mol. The molecule has 24 heavy (non-hydrogen) atoms. The lowest BCUT2D eigenvalue weighted by molar-refractivity contribution is 0.0696. The molecule has 0 amide bonds. The average molecular weight is 368 g/mol. The van der Waals surface area contributed by atoms with Gasteiger partial charge in [-0.3, -0.25) is 4.90 Å². The lowest BCUT2D eigenvalue weighted by Gasteiger charge is -2.22. The molecule has 0 saturated heterocycles. The summed E-state index contributed by atoms with van der Waals surface area (Å²) in [6.45, 7) is 3.28. The van der Waals surface area contributed by atoms with E-state index in [1.165, 1.54) is 0 Å². The van der Waals surface area contributed by atoms with E-state index in [1.54, 1.807) is 36.4 Å². The SMILES string of the molecule is CC(CN(C)Cc1cccc(C(=O)O)c1)Oc1ccc(Cl)c(Cl)c1. The third-order valence-corrected chi connectivity index (χ3v) is 4.16. The number of carbonyl (C=O) groups is 1. The topological polar surface area (TPSA) is 49.8 Å². The van der Waals surface area contributed by atoms with Crippen molar-refractivity contribution in [2.24, 2.45) is 0 Å². The molecule has 0 heterocycles. The summed E-state index contributed by atoms with van der Waals surface area (Å²) >= 11 is 11.9. The molecule has 1 N–H and O–H groups in total. The van der Waals surface area contributed by atoms with Gasteiger partial charge in [0.15, 0.2) is 0 Å². The first kappa shape index (κ1) is 18.6. The molecule has 0 aliphatic rings. The first-order valence-corrected chi connectivity index (χ1v) is 8.23. The van der Waals surface area contributed by atoms with E-state index in [0.717, 1.165) is 5.56 Å². The lowest BCUT2D eigenvalue weighted by Crippen LogP contribution is -2.30. The van der Waals surface area contributed by atoms with Crippen molar-refractivity contribution in [2.75, 3.05) is 13.6 Å². The van der Waals surface area contributed by atoms with Crippen molar-refractivity contribution in [1.29, 1.82) is 0 Å². The molecule has 0 bridgehead atoms. The summed E-state index contributed by atoms with van der Waals surface area (Å²) in [7, 11) is 1.96. The number of likely N-dealkylation sites (N-methyl/N-ethyl adjacent to an activating group) is 1. The molecule has 4 nitrogen and oxygen atoms in total. The van der Waals surface area contributed by atoms with Crippen LogP contribution in [0, 0.1) is 0 Å². The maximum absolute atomic E-state index is 11.0. The van der Waals surface area contributed by atoms with Crippen molar-refractivity contribution >= 4 is 29.2 Å². The minimum atomic E-state index is -0.921. The van der Waals surface area contributed by atoms with Gasteiger partial charge in [-0.1, -0.05) is 35.3 Å². The van der Waals surface area contributed by atoms with Crippen molar-refractivity contribution in [2.45, 2.75) is 19.6 Å². The summed E-state index contributed by atoms with van der Waals surface area (Å²) in [5.74, 6) is -0.256. The molecule has 0 aliphatic heterocycles. The van der Waals surface area contributed by atoms with Gasteiger partial charge in [-0.05, 0) is 43.8 Å². The minimum absolute atomic E-state index is 0.0603. The van der Waals surface area contributed by atoms with Crippen LogP contribution in [0.3, 0.4) is 0 Å². The van der Waals surface area contributed by atoms with Gasteiger partial charge in [-0.25, -0.2) is 4.79 Å². The van der Waals surface area contributed by atoms with Crippen LogP contribution in [0.5, 0.6) is 5.75 Å². The van der Waals surface area contributed by atoms with Crippen LogP contribution >= 0.6 is 23.2 Å². The molecular formula is C18H19Cl2NO3. The fourth-order valence-corrected chi connectivity index (χ4v) is 2.73. The first-order chi connectivity index (χ1) is 11.3. The van der Waals surface area contributed by atoms with Crippen LogP contribution in [0.2, 0.25) is 10.0 Å². The highest BCUT2D eigenvalue weighted by Gasteiger charge is 2.11. The second kappa shape index (κ2) is 8.38. The Morgan fingerprint density at radius 1 is 1.21 bits per heavy atom. The third kappa shape index (κ3) is 5.41. The molecule has 2 rings (SSSR count). The molecule has 0 radical (unpaired) electrons. The van der Waals surface area contributed by atoms with Gasteiger partial charge in [0, 0.05) is 19.2 Å². The Bertz CT molecular complexity index is 721. The lowest BCUT2D eigenvalue weighted by atomic mass is 10.1. The van der Waals surface area contributed by atoms with Crippen LogP contribution in [0.25, 0.3) is 0 Å². The molecule has 0 saturated carbocycles. The number of aromatic carboxylic acids is 1. The van der Waals surface area contributed by atoms with E-state index in [1.807, 2.05) is 20.0 Å². The number of carboxylic acids is 1. The van der Waals surface area contributed by atoms with Crippen molar-refractivity contribution < 1.29 is 14.6 Å². The first-order valence-electron chi connectivity index (χ1n) is 7.47. The second-order valence-corrected chi connectivity index (χ2v) is 6.52. The fourth-order valence-electron chi connectivity index (χ4n) is 2.44. The van der Waals surface area contributed by atoms with E-state index >= 15 is 0 Å². The maximum Gasteiger partial charge on any atom is 0.335 e. The molecule has 2 aromatic carbocycles. The number of hydrogen-bond donors (Lipinski definition) is 1. The molecule has 2 aromatic rings.